The zero-order valence-corrected chi connectivity index (χ0v) is 11.9. The summed E-state index contributed by atoms with van der Waals surface area (Å²) in [6.07, 6.45) is 0. The van der Waals surface area contributed by atoms with Crippen molar-refractivity contribution in [2.45, 2.75) is 33.9 Å². The third kappa shape index (κ3) is 3.36. The summed E-state index contributed by atoms with van der Waals surface area (Å²) < 4.78 is 5.88. The van der Waals surface area contributed by atoms with E-state index in [2.05, 4.69) is 51.1 Å². The lowest BCUT2D eigenvalue weighted by Crippen LogP contribution is -2.03. The van der Waals surface area contributed by atoms with Crippen LogP contribution >= 0.6 is 0 Å². The lowest BCUT2D eigenvalue weighted by Gasteiger charge is -2.12. The average molecular weight is 255 g/mol. The van der Waals surface area contributed by atoms with Gasteiger partial charge in [0, 0.05) is 12.1 Å². The molecule has 0 aliphatic rings. The highest BCUT2D eigenvalue weighted by Gasteiger charge is 2.03. The number of hydrogen-bond donors (Lipinski definition) is 1. The molecule has 0 aliphatic carbocycles. The Hall–Kier alpha value is -1.80. The lowest BCUT2D eigenvalue weighted by atomic mass is 10.1. The first-order valence-electron chi connectivity index (χ1n) is 6.58. The van der Waals surface area contributed by atoms with E-state index < -0.39 is 0 Å². The number of ether oxygens (including phenoxy) is 1. The van der Waals surface area contributed by atoms with Crippen molar-refractivity contribution >= 4 is 0 Å². The first-order valence-corrected chi connectivity index (χ1v) is 6.58. The first-order chi connectivity index (χ1) is 9.10. The maximum atomic E-state index is 5.88. The molecule has 0 radical (unpaired) electrons. The molecule has 0 spiro atoms. The SMILES string of the molecule is Cc1ccc(OCc2ccc(C)c(C)c2)c(CN)c1. The Labute approximate surface area is 115 Å². The van der Waals surface area contributed by atoms with Crippen LogP contribution in [0.25, 0.3) is 0 Å². The number of nitrogens with two attached hydrogens (primary N) is 1. The number of rotatable bonds is 4. The maximum absolute atomic E-state index is 5.88. The molecule has 2 nitrogen and oxygen atoms in total. The number of hydrogen-bond acceptors (Lipinski definition) is 2. The molecule has 2 aromatic rings. The minimum absolute atomic E-state index is 0.504. The molecule has 2 heteroatoms. The van der Waals surface area contributed by atoms with Crippen LogP contribution in [0.2, 0.25) is 0 Å². The highest BCUT2D eigenvalue weighted by molar-refractivity contribution is 5.37. The van der Waals surface area contributed by atoms with Gasteiger partial charge in [0.25, 0.3) is 0 Å². The van der Waals surface area contributed by atoms with Gasteiger partial charge in [-0.25, -0.2) is 0 Å². The van der Waals surface area contributed by atoms with Crippen molar-refractivity contribution in [3.8, 4) is 5.75 Å². The van der Waals surface area contributed by atoms with Crippen molar-refractivity contribution in [2.24, 2.45) is 5.73 Å². The first kappa shape index (κ1) is 13.6. The van der Waals surface area contributed by atoms with Crippen LogP contribution in [0.4, 0.5) is 0 Å². The molecule has 2 N–H and O–H groups in total. The van der Waals surface area contributed by atoms with Crippen LogP contribution in [-0.4, -0.2) is 0 Å². The van der Waals surface area contributed by atoms with Crippen molar-refractivity contribution in [2.75, 3.05) is 0 Å². The van der Waals surface area contributed by atoms with Gasteiger partial charge in [-0.2, -0.15) is 0 Å². The summed E-state index contributed by atoms with van der Waals surface area (Å²) in [5.74, 6) is 0.881. The second-order valence-corrected chi connectivity index (χ2v) is 5.02. The van der Waals surface area contributed by atoms with E-state index in [0.717, 1.165) is 11.3 Å². The van der Waals surface area contributed by atoms with Gasteiger partial charge in [-0.1, -0.05) is 35.9 Å². The molecular formula is C17H21NO. The van der Waals surface area contributed by atoms with Gasteiger partial charge in [-0.3, -0.25) is 0 Å². The smallest absolute Gasteiger partial charge is 0.124 e. The van der Waals surface area contributed by atoms with Gasteiger partial charge in [0.15, 0.2) is 0 Å². The second kappa shape index (κ2) is 5.89. The minimum atomic E-state index is 0.504. The van der Waals surface area contributed by atoms with Crippen molar-refractivity contribution in [1.29, 1.82) is 0 Å². The van der Waals surface area contributed by atoms with Crippen molar-refractivity contribution < 1.29 is 4.74 Å². The fraction of sp³-hybridized carbons (Fsp3) is 0.294. The molecule has 0 amide bonds. The maximum Gasteiger partial charge on any atom is 0.124 e. The Morgan fingerprint density at radius 2 is 1.74 bits per heavy atom. The summed E-state index contributed by atoms with van der Waals surface area (Å²) in [5, 5.41) is 0. The number of aryl methyl sites for hydroxylation is 3. The summed E-state index contributed by atoms with van der Waals surface area (Å²) in [7, 11) is 0. The fourth-order valence-corrected chi connectivity index (χ4v) is 2.06. The van der Waals surface area contributed by atoms with Gasteiger partial charge < -0.3 is 10.5 Å². The van der Waals surface area contributed by atoms with Crippen molar-refractivity contribution in [3.05, 3.63) is 64.2 Å². The second-order valence-electron chi connectivity index (χ2n) is 5.02. The summed E-state index contributed by atoms with van der Waals surface area (Å²) in [6, 6.07) is 12.5. The molecule has 0 saturated carbocycles. The molecule has 0 atom stereocenters. The van der Waals surface area contributed by atoms with E-state index in [-0.39, 0.29) is 0 Å². The monoisotopic (exact) mass is 255 g/mol. The lowest BCUT2D eigenvalue weighted by molar-refractivity contribution is 0.303. The molecule has 2 rings (SSSR count). The van der Waals surface area contributed by atoms with Gasteiger partial charge in [0.05, 0.1) is 0 Å². The molecular weight excluding hydrogens is 234 g/mol. The molecule has 0 heterocycles. The topological polar surface area (TPSA) is 35.2 Å². The van der Waals surface area contributed by atoms with Crippen molar-refractivity contribution in [3.63, 3.8) is 0 Å². The zero-order valence-electron chi connectivity index (χ0n) is 11.9. The summed E-state index contributed by atoms with van der Waals surface area (Å²) in [6.45, 7) is 7.38. The predicted octanol–water partition coefficient (Wildman–Crippen LogP) is 3.65. The van der Waals surface area contributed by atoms with Crippen LogP contribution in [0.5, 0.6) is 5.75 Å². The third-order valence-electron chi connectivity index (χ3n) is 3.40. The molecule has 0 saturated heterocycles. The summed E-state index contributed by atoms with van der Waals surface area (Å²) in [5.41, 5.74) is 11.8. The van der Waals surface area contributed by atoms with Gasteiger partial charge in [-0.15, -0.1) is 0 Å². The van der Waals surface area contributed by atoms with Crippen molar-refractivity contribution in [1.82, 2.24) is 0 Å². The van der Waals surface area contributed by atoms with E-state index in [1.54, 1.807) is 0 Å². The highest BCUT2D eigenvalue weighted by Crippen LogP contribution is 2.21. The van der Waals surface area contributed by atoms with Crippen LogP contribution in [0.1, 0.15) is 27.8 Å². The van der Waals surface area contributed by atoms with Gasteiger partial charge in [0.1, 0.15) is 12.4 Å². The standard InChI is InChI=1S/C17H21NO/c1-12-4-7-17(16(8-12)10-18)19-11-15-6-5-13(2)14(3)9-15/h4-9H,10-11,18H2,1-3H3. The van der Waals surface area contributed by atoms with E-state index in [1.165, 1.54) is 22.3 Å². The van der Waals surface area contributed by atoms with E-state index in [0.29, 0.717) is 13.2 Å². The van der Waals surface area contributed by atoms with E-state index in [4.69, 9.17) is 10.5 Å². The Bertz CT molecular complexity index is 575. The molecule has 0 aromatic heterocycles. The quantitative estimate of drug-likeness (QED) is 0.905. The van der Waals surface area contributed by atoms with Crippen LogP contribution in [0.3, 0.4) is 0 Å². The van der Waals surface area contributed by atoms with Crippen LogP contribution < -0.4 is 10.5 Å². The third-order valence-corrected chi connectivity index (χ3v) is 3.40. The molecule has 2 aromatic carbocycles. The van der Waals surface area contributed by atoms with E-state index >= 15 is 0 Å². The summed E-state index contributed by atoms with van der Waals surface area (Å²) >= 11 is 0. The Morgan fingerprint density at radius 3 is 2.42 bits per heavy atom. The molecule has 0 unspecified atom stereocenters. The Balaban J connectivity index is 2.12. The van der Waals surface area contributed by atoms with Crippen LogP contribution in [-0.2, 0) is 13.2 Å². The molecule has 100 valence electrons. The molecule has 0 fully saturated rings. The normalized spacial score (nSPS) is 10.5. The Morgan fingerprint density at radius 1 is 0.947 bits per heavy atom. The average Bonchev–Trinajstić information content (AvgIpc) is 2.41. The van der Waals surface area contributed by atoms with E-state index in [9.17, 15) is 0 Å². The minimum Gasteiger partial charge on any atom is -0.489 e. The molecule has 19 heavy (non-hydrogen) atoms. The van der Waals surface area contributed by atoms with Crippen LogP contribution in [0.15, 0.2) is 36.4 Å². The largest absolute Gasteiger partial charge is 0.489 e. The van der Waals surface area contributed by atoms with Gasteiger partial charge in [-0.05, 0) is 43.5 Å². The zero-order chi connectivity index (χ0) is 13.8. The fourth-order valence-electron chi connectivity index (χ4n) is 2.06. The van der Waals surface area contributed by atoms with Gasteiger partial charge >= 0.3 is 0 Å². The molecule has 0 bridgehead atoms. The van der Waals surface area contributed by atoms with E-state index in [1.807, 2.05) is 6.07 Å². The Kier molecular flexibility index (Phi) is 4.23. The molecule has 0 aliphatic heterocycles. The highest BCUT2D eigenvalue weighted by atomic mass is 16.5. The van der Waals surface area contributed by atoms with Crippen LogP contribution in [0, 0.1) is 20.8 Å². The number of benzene rings is 2. The summed E-state index contributed by atoms with van der Waals surface area (Å²) in [4.78, 5) is 0. The van der Waals surface area contributed by atoms with Gasteiger partial charge in [0.2, 0.25) is 0 Å². The predicted molar refractivity (Wildman–Crippen MR) is 79.3 cm³/mol.